The van der Waals surface area contributed by atoms with E-state index in [1.165, 1.54) is 23.5 Å². The molecule has 1 aromatic carbocycles. The monoisotopic (exact) mass is 403 g/mol. The maximum atomic E-state index is 13.8. The Morgan fingerprint density at radius 1 is 1.29 bits per heavy atom. The summed E-state index contributed by atoms with van der Waals surface area (Å²) in [4.78, 5) is 32.0. The van der Waals surface area contributed by atoms with Gasteiger partial charge in [-0.3, -0.25) is 9.59 Å². The van der Waals surface area contributed by atoms with Crippen LogP contribution in [0.1, 0.15) is 57.4 Å². The zero-order chi connectivity index (χ0) is 20.3. The number of aromatic nitrogens is 1. The molecule has 0 spiro atoms. The molecule has 0 saturated carbocycles. The molecule has 1 aliphatic heterocycles. The van der Waals surface area contributed by atoms with Crippen LogP contribution >= 0.6 is 11.3 Å². The number of hydrogen-bond donors (Lipinski definition) is 1. The molecule has 2 aromatic rings. The highest BCUT2D eigenvalue weighted by molar-refractivity contribution is 7.13. The zero-order valence-corrected chi connectivity index (χ0v) is 17.3. The van der Waals surface area contributed by atoms with Crippen molar-refractivity contribution in [3.05, 3.63) is 51.2 Å². The van der Waals surface area contributed by atoms with Gasteiger partial charge in [0.25, 0.3) is 11.8 Å². The van der Waals surface area contributed by atoms with Crippen molar-refractivity contribution in [1.29, 1.82) is 0 Å². The molecular formula is C21H26FN3O2S. The van der Waals surface area contributed by atoms with Gasteiger partial charge in [0.2, 0.25) is 0 Å². The highest BCUT2D eigenvalue weighted by Gasteiger charge is 2.27. The first-order valence-electron chi connectivity index (χ1n) is 9.66. The maximum absolute atomic E-state index is 13.8. The molecule has 0 aliphatic carbocycles. The van der Waals surface area contributed by atoms with Crippen LogP contribution in [0.15, 0.2) is 24.3 Å². The largest absolute Gasteiger partial charge is 0.348 e. The van der Waals surface area contributed by atoms with E-state index in [9.17, 15) is 14.0 Å². The van der Waals surface area contributed by atoms with Crippen molar-refractivity contribution >= 4 is 23.2 Å². The van der Waals surface area contributed by atoms with Crippen molar-refractivity contribution in [2.24, 2.45) is 5.92 Å². The van der Waals surface area contributed by atoms with E-state index < -0.39 is 5.82 Å². The third-order valence-corrected chi connectivity index (χ3v) is 6.03. The molecule has 1 N–H and O–H groups in total. The molecule has 28 heavy (non-hydrogen) atoms. The van der Waals surface area contributed by atoms with Gasteiger partial charge >= 0.3 is 0 Å². The third kappa shape index (κ3) is 4.76. The second-order valence-corrected chi connectivity index (χ2v) is 8.72. The van der Waals surface area contributed by atoms with Crippen molar-refractivity contribution in [2.45, 2.75) is 46.1 Å². The van der Waals surface area contributed by atoms with Crippen LogP contribution in [0.4, 0.5) is 4.39 Å². The minimum atomic E-state index is -0.499. The minimum Gasteiger partial charge on any atom is -0.348 e. The topological polar surface area (TPSA) is 62.3 Å². The summed E-state index contributed by atoms with van der Waals surface area (Å²) in [6.45, 7) is 7.13. The van der Waals surface area contributed by atoms with Crippen LogP contribution in [0.2, 0.25) is 0 Å². The molecule has 1 aliphatic rings. The van der Waals surface area contributed by atoms with E-state index in [0.29, 0.717) is 36.7 Å². The molecule has 1 fully saturated rings. The third-order valence-electron chi connectivity index (χ3n) is 4.85. The summed E-state index contributed by atoms with van der Waals surface area (Å²) in [5.41, 5.74) is 0.869. The SMILES string of the molecule is Cc1nc(CC(C)C)sc1C(=O)NC1CCN(C(=O)c2ccccc2F)CC1. The normalized spacial score (nSPS) is 15.1. The first-order chi connectivity index (χ1) is 13.3. The fraction of sp³-hybridized carbons (Fsp3) is 0.476. The lowest BCUT2D eigenvalue weighted by Crippen LogP contribution is -2.46. The van der Waals surface area contributed by atoms with Crippen molar-refractivity contribution in [1.82, 2.24) is 15.2 Å². The van der Waals surface area contributed by atoms with Crippen LogP contribution in [-0.2, 0) is 6.42 Å². The van der Waals surface area contributed by atoms with Gasteiger partial charge in [0, 0.05) is 25.6 Å². The van der Waals surface area contributed by atoms with Gasteiger partial charge in [0.1, 0.15) is 10.7 Å². The predicted octanol–water partition coefficient (Wildman–Crippen LogP) is 3.82. The number of amides is 2. The molecule has 150 valence electrons. The Balaban J connectivity index is 1.56. The first-order valence-corrected chi connectivity index (χ1v) is 10.5. The molecule has 0 unspecified atom stereocenters. The van der Waals surface area contributed by atoms with Crippen LogP contribution in [-0.4, -0.2) is 40.8 Å². The van der Waals surface area contributed by atoms with Crippen molar-refractivity contribution in [3.63, 3.8) is 0 Å². The summed E-state index contributed by atoms with van der Waals surface area (Å²) >= 11 is 1.46. The lowest BCUT2D eigenvalue weighted by Gasteiger charge is -2.32. The summed E-state index contributed by atoms with van der Waals surface area (Å²) in [6, 6.07) is 6.04. The van der Waals surface area contributed by atoms with Crippen LogP contribution in [0.5, 0.6) is 0 Å². The zero-order valence-electron chi connectivity index (χ0n) is 16.5. The van der Waals surface area contributed by atoms with Crippen LogP contribution in [0.25, 0.3) is 0 Å². The van der Waals surface area contributed by atoms with Crippen molar-refractivity contribution < 1.29 is 14.0 Å². The van der Waals surface area contributed by atoms with E-state index in [4.69, 9.17) is 0 Å². The number of piperidine rings is 1. The van der Waals surface area contributed by atoms with Crippen molar-refractivity contribution in [3.8, 4) is 0 Å². The van der Waals surface area contributed by atoms with Gasteiger partial charge in [-0.1, -0.05) is 26.0 Å². The lowest BCUT2D eigenvalue weighted by molar-refractivity contribution is 0.0694. The van der Waals surface area contributed by atoms with E-state index in [0.717, 1.165) is 17.1 Å². The quantitative estimate of drug-likeness (QED) is 0.825. The number of hydrogen-bond acceptors (Lipinski definition) is 4. The van der Waals surface area contributed by atoms with Gasteiger partial charge in [-0.15, -0.1) is 11.3 Å². The summed E-state index contributed by atoms with van der Waals surface area (Å²) in [7, 11) is 0. The van der Waals surface area contributed by atoms with Crippen LogP contribution < -0.4 is 5.32 Å². The fourth-order valence-corrected chi connectivity index (χ4v) is 4.56. The molecule has 0 atom stereocenters. The smallest absolute Gasteiger partial charge is 0.263 e. The van der Waals surface area contributed by atoms with Gasteiger partial charge in [0.05, 0.1) is 16.3 Å². The average Bonchev–Trinajstić information content (AvgIpc) is 3.01. The number of nitrogens with one attached hydrogen (secondary N) is 1. The van der Waals surface area contributed by atoms with Gasteiger partial charge in [0.15, 0.2) is 0 Å². The summed E-state index contributed by atoms with van der Waals surface area (Å²) in [6.07, 6.45) is 2.18. The maximum Gasteiger partial charge on any atom is 0.263 e. The van der Waals surface area contributed by atoms with E-state index in [1.54, 1.807) is 17.0 Å². The minimum absolute atomic E-state index is 0.00668. The van der Waals surface area contributed by atoms with E-state index in [2.05, 4.69) is 24.1 Å². The Labute approximate surface area is 169 Å². The molecule has 5 nitrogen and oxygen atoms in total. The number of thiazole rings is 1. The molecule has 2 amide bonds. The predicted molar refractivity (Wildman–Crippen MR) is 108 cm³/mol. The fourth-order valence-electron chi connectivity index (χ4n) is 3.38. The summed E-state index contributed by atoms with van der Waals surface area (Å²) in [5.74, 6) is -0.387. The second-order valence-electron chi connectivity index (χ2n) is 7.64. The van der Waals surface area contributed by atoms with E-state index >= 15 is 0 Å². The molecule has 3 rings (SSSR count). The first kappa shape index (κ1) is 20.5. The van der Waals surface area contributed by atoms with E-state index in [-0.39, 0.29) is 23.4 Å². The molecule has 0 bridgehead atoms. The summed E-state index contributed by atoms with van der Waals surface area (Å²) < 4.78 is 13.8. The molecule has 7 heteroatoms. The number of likely N-dealkylation sites (tertiary alicyclic amines) is 1. The highest BCUT2D eigenvalue weighted by atomic mass is 32.1. The Morgan fingerprint density at radius 2 is 1.96 bits per heavy atom. The lowest BCUT2D eigenvalue weighted by atomic mass is 10.0. The molecular weight excluding hydrogens is 377 g/mol. The molecule has 0 radical (unpaired) electrons. The standard InChI is InChI=1S/C21H26FN3O2S/c1-13(2)12-18-23-14(3)19(28-18)20(26)24-15-8-10-25(11-9-15)21(27)16-6-4-5-7-17(16)22/h4-7,13,15H,8-12H2,1-3H3,(H,24,26). The van der Waals surface area contributed by atoms with Gasteiger partial charge in [-0.05, 0) is 37.8 Å². The Kier molecular flexibility index (Phi) is 6.44. The molecule has 1 aromatic heterocycles. The van der Waals surface area contributed by atoms with E-state index in [1.807, 2.05) is 6.92 Å². The average molecular weight is 404 g/mol. The molecule has 2 heterocycles. The Morgan fingerprint density at radius 3 is 2.61 bits per heavy atom. The Hall–Kier alpha value is -2.28. The number of nitrogens with zero attached hydrogens (tertiary/aromatic N) is 2. The summed E-state index contributed by atoms with van der Waals surface area (Å²) in [5, 5.41) is 4.06. The molecule has 1 saturated heterocycles. The van der Waals surface area contributed by atoms with Crippen molar-refractivity contribution in [2.75, 3.05) is 13.1 Å². The van der Waals surface area contributed by atoms with Gasteiger partial charge < -0.3 is 10.2 Å². The number of rotatable bonds is 5. The highest BCUT2D eigenvalue weighted by Crippen LogP contribution is 2.22. The van der Waals surface area contributed by atoms with Crippen LogP contribution in [0.3, 0.4) is 0 Å². The van der Waals surface area contributed by atoms with Crippen LogP contribution in [0, 0.1) is 18.7 Å². The second kappa shape index (κ2) is 8.82. The number of benzene rings is 1. The number of halogens is 1. The van der Waals surface area contributed by atoms with Gasteiger partial charge in [-0.25, -0.2) is 9.37 Å². The number of carbonyl (C=O) groups excluding carboxylic acids is 2. The van der Waals surface area contributed by atoms with Gasteiger partial charge in [-0.2, -0.15) is 0 Å². The number of aryl methyl sites for hydroxylation is 1. The Bertz CT molecular complexity index is 857. The number of carbonyl (C=O) groups is 2.